The Kier molecular flexibility index (Phi) is 12.5. The van der Waals surface area contributed by atoms with E-state index in [0.29, 0.717) is 48.9 Å². The van der Waals surface area contributed by atoms with Crippen molar-refractivity contribution < 1.29 is 47.4 Å². The highest BCUT2D eigenvalue weighted by Crippen LogP contribution is 2.36. The molecule has 0 spiro atoms. The summed E-state index contributed by atoms with van der Waals surface area (Å²) in [5.41, 5.74) is 1.83. The summed E-state index contributed by atoms with van der Waals surface area (Å²) in [6.07, 6.45) is 3.49. The first-order chi connectivity index (χ1) is 30.9. The Hall–Kier alpha value is -7.40. The zero-order chi connectivity index (χ0) is 45.1. The number of hydrogen-bond donors (Lipinski definition) is 6. The van der Waals surface area contributed by atoms with Gasteiger partial charge in [-0.2, -0.15) is 0 Å². The van der Waals surface area contributed by atoms with Gasteiger partial charge in [0.15, 0.2) is 5.78 Å². The zero-order valence-electron chi connectivity index (χ0n) is 34.3. The molecular weight excluding hydrogens is 829 g/mol. The lowest BCUT2D eigenvalue weighted by atomic mass is 9.89. The standard InChI is InChI=1S/C47H43F2N7O8/c48-35-18-25(32-21-33-38(22-36(32)49)52-24-34(44(61)54-27-19-29(58)20-27)42(33)53-26-8-3-1-4-9-26)13-14-30(35)43(60)50-17-6-2-5-10-28(57)23-51-37-12-7-11-31-41(37)47(64)56(46(31)63)39-15-16-40(59)55-45(39)62/h1,3-4,7-9,11-14,18,21-22,24,27,29,39,51,58H,2,5-6,10,15-17,19-20,23H2,(H,50,60)(H,52,53)(H,54,61)(H,55,59,62). The quantitative estimate of drug-likeness (QED) is 0.0534. The molecule has 2 aliphatic heterocycles. The minimum absolute atomic E-state index is 0.00511. The first kappa shape index (κ1) is 43.3. The molecule has 6 N–H and O–H groups in total. The second kappa shape index (κ2) is 18.5. The van der Waals surface area contributed by atoms with E-state index < -0.39 is 59.2 Å². The number of carbonyl (C=O) groups is 7. The highest BCUT2D eigenvalue weighted by Gasteiger charge is 2.45. The number of para-hydroxylation sites is 1. The number of imide groups is 2. The van der Waals surface area contributed by atoms with Gasteiger partial charge >= 0.3 is 0 Å². The Labute approximate surface area is 365 Å². The molecule has 5 aromatic rings. The number of nitrogens with one attached hydrogen (secondary N) is 5. The molecule has 3 heterocycles. The van der Waals surface area contributed by atoms with Gasteiger partial charge in [0.2, 0.25) is 11.8 Å². The van der Waals surface area contributed by atoms with Gasteiger partial charge in [-0.3, -0.25) is 48.8 Å². The number of fused-ring (bicyclic) bond motifs is 2. The molecule has 4 aromatic carbocycles. The van der Waals surface area contributed by atoms with E-state index in [1.807, 2.05) is 18.2 Å². The van der Waals surface area contributed by atoms with Crippen LogP contribution in [0.25, 0.3) is 22.0 Å². The molecule has 8 rings (SSSR count). The molecule has 1 aromatic heterocycles. The fourth-order valence-electron chi connectivity index (χ4n) is 8.11. The van der Waals surface area contributed by atoms with Gasteiger partial charge in [-0.25, -0.2) is 8.78 Å². The second-order valence-electron chi connectivity index (χ2n) is 16.0. The van der Waals surface area contributed by atoms with Gasteiger partial charge in [0.25, 0.3) is 23.6 Å². The fraction of sp³-hybridized carbons (Fsp3) is 0.277. The van der Waals surface area contributed by atoms with Crippen molar-refractivity contribution in [2.45, 2.75) is 69.6 Å². The van der Waals surface area contributed by atoms with Crippen LogP contribution in [0.3, 0.4) is 0 Å². The lowest BCUT2D eigenvalue weighted by Crippen LogP contribution is -2.54. The monoisotopic (exact) mass is 871 g/mol. The topological polar surface area (TPSA) is 216 Å². The molecule has 1 saturated heterocycles. The number of anilines is 3. The lowest BCUT2D eigenvalue weighted by molar-refractivity contribution is -0.136. The van der Waals surface area contributed by atoms with Crippen molar-refractivity contribution >= 4 is 69.2 Å². The van der Waals surface area contributed by atoms with Crippen LogP contribution in [-0.4, -0.2) is 87.5 Å². The summed E-state index contributed by atoms with van der Waals surface area (Å²) >= 11 is 0. The molecule has 17 heteroatoms. The molecule has 1 unspecified atom stereocenters. The number of aliphatic hydroxyl groups is 1. The van der Waals surface area contributed by atoms with Gasteiger partial charge in [0.1, 0.15) is 17.7 Å². The number of halogens is 2. The third-order valence-corrected chi connectivity index (χ3v) is 11.6. The normalized spacial score (nSPS) is 18.0. The SMILES string of the molecule is O=C(CCCCCNC(=O)c1ccc(-c2cc3c(Nc4ccccc4)c(C(=O)NC4CC(O)C4)cnc3cc2F)cc1F)CNc1cccc2c1C(=O)N(C1CCC(=O)NC1=O)C2=O. The van der Waals surface area contributed by atoms with Crippen molar-refractivity contribution in [3.8, 4) is 11.1 Å². The third-order valence-electron chi connectivity index (χ3n) is 11.6. The van der Waals surface area contributed by atoms with Crippen LogP contribution < -0.4 is 26.6 Å². The number of unbranched alkanes of at least 4 members (excludes halogenated alkanes) is 2. The van der Waals surface area contributed by atoms with E-state index in [-0.39, 0.29) is 88.8 Å². The first-order valence-electron chi connectivity index (χ1n) is 21.0. The number of piperidine rings is 1. The Balaban J connectivity index is 0.846. The van der Waals surface area contributed by atoms with Crippen molar-refractivity contribution in [3.63, 3.8) is 0 Å². The summed E-state index contributed by atoms with van der Waals surface area (Å²) in [4.78, 5) is 94.8. The summed E-state index contributed by atoms with van der Waals surface area (Å²) in [6, 6.07) is 18.8. The number of ketones is 1. The van der Waals surface area contributed by atoms with Crippen molar-refractivity contribution in [3.05, 3.63) is 119 Å². The number of nitrogens with zero attached hydrogens (tertiary/aromatic N) is 2. The van der Waals surface area contributed by atoms with Crippen LogP contribution >= 0.6 is 0 Å². The fourth-order valence-corrected chi connectivity index (χ4v) is 8.11. The van der Waals surface area contributed by atoms with Crippen LogP contribution in [-0.2, 0) is 14.4 Å². The van der Waals surface area contributed by atoms with Gasteiger partial charge in [0, 0.05) is 60.0 Å². The number of aromatic nitrogens is 1. The zero-order valence-corrected chi connectivity index (χ0v) is 34.3. The summed E-state index contributed by atoms with van der Waals surface area (Å²) in [6.45, 7) is 0.0717. The number of Topliss-reactive ketones (excluding diaryl/α,β-unsaturated/α-hetero) is 1. The second-order valence-corrected chi connectivity index (χ2v) is 16.0. The minimum Gasteiger partial charge on any atom is -0.393 e. The number of benzene rings is 4. The van der Waals surface area contributed by atoms with E-state index in [2.05, 4.69) is 31.6 Å². The Morgan fingerprint density at radius 1 is 0.828 bits per heavy atom. The number of carbonyl (C=O) groups excluding carboxylic acids is 7. The number of pyridine rings is 1. The minimum atomic E-state index is -1.11. The van der Waals surface area contributed by atoms with Crippen LogP contribution in [0.5, 0.6) is 0 Å². The molecule has 1 aliphatic carbocycles. The van der Waals surface area contributed by atoms with E-state index >= 15 is 8.78 Å². The molecule has 2 fully saturated rings. The van der Waals surface area contributed by atoms with Crippen molar-refractivity contribution in [1.82, 2.24) is 25.8 Å². The van der Waals surface area contributed by atoms with Crippen LogP contribution in [0.15, 0.2) is 85.1 Å². The number of rotatable bonds is 16. The van der Waals surface area contributed by atoms with E-state index in [1.54, 1.807) is 24.3 Å². The van der Waals surface area contributed by atoms with E-state index in [1.165, 1.54) is 36.5 Å². The van der Waals surface area contributed by atoms with Crippen LogP contribution in [0.1, 0.15) is 92.8 Å². The summed E-state index contributed by atoms with van der Waals surface area (Å²) in [5.74, 6) is -5.35. The average Bonchev–Trinajstić information content (AvgIpc) is 3.52. The van der Waals surface area contributed by atoms with Gasteiger partial charge in [-0.15, -0.1) is 0 Å². The van der Waals surface area contributed by atoms with Gasteiger partial charge in [0.05, 0.1) is 46.1 Å². The Morgan fingerprint density at radius 3 is 2.38 bits per heavy atom. The van der Waals surface area contributed by atoms with Crippen molar-refractivity contribution in [2.75, 3.05) is 23.7 Å². The highest BCUT2D eigenvalue weighted by atomic mass is 19.1. The van der Waals surface area contributed by atoms with Gasteiger partial charge in [-0.1, -0.05) is 36.8 Å². The Morgan fingerprint density at radius 2 is 1.62 bits per heavy atom. The number of aliphatic hydroxyl groups excluding tert-OH is 1. The predicted molar refractivity (Wildman–Crippen MR) is 231 cm³/mol. The maximum atomic E-state index is 15.6. The predicted octanol–water partition coefficient (Wildman–Crippen LogP) is 5.55. The maximum absolute atomic E-state index is 15.6. The maximum Gasteiger partial charge on any atom is 0.264 e. The van der Waals surface area contributed by atoms with Crippen molar-refractivity contribution in [2.24, 2.45) is 0 Å². The third kappa shape index (κ3) is 9.06. The van der Waals surface area contributed by atoms with Crippen LogP contribution in [0.2, 0.25) is 0 Å². The molecule has 15 nitrogen and oxygen atoms in total. The number of amides is 6. The van der Waals surface area contributed by atoms with Gasteiger partial charge in [-0.05, 0) is 80.1 Å². The number of hydrogen-bond acceptors (Lipinski definition) is 11. The highest BCUT2D eigenvalue weighted by molar-refractivity contribution is 6.25. The summed E-state index contributed by atoms with van der Waals surface area (Å²) < 4.78 is 31.2. The lowest BCUT2D eigenvalue weighted by Gasteiger charge is -2.32. The largest absolute Gasteiger partial charge is 0.393 e. The molecule has 0 bridgehead atoms. The molecule has 3 aliphatic rings. The molecule has 1 atom stereocenters. The smallest absolute Gasteiger partial charge is 0.264 e. The molecular formula is C47H43F2N7O8. The van der Waals surface area contributed by atoms with E-state index in [0.717, 1.165) is 11.0 Å². The molecule has 328 valence electrons. The van der Waals surface area contributed by atoms with E-state index in [4.69, 9.17) is 0 Å². The van der Waals surface area contributed by atoms with Crippen LogP contribution in [0.4, 0.5) is 25.8 Å². The molecule has 6 amide bonds. The molecule has 0 radical (unpaired) electrons. The summed E-state index contributed by atoms with van der Waals surface area (Å²) in [7, 11) is 0. The average molecular weight is 872 g/mol. The Bertz CT molecular complexity index is 2730. The molecule has 1 saturated carbocycles. The van der Waals surface area contributed by atoms with E-state index in [9.17, 15) is 38.7 Å². The van der Waals surface area contributed by atoms with Crippen LogP contribution in [0, 0.1) is 11.6 Å². The summed E-state index contributed by atoms with van der Waals surface area (Å²) in [5, 5.41) is 24.1. The van der Waals surface area contributed by atoms with Crippen molar-refractivity contribution in [1.29, 1.82) is 0 Å². The molecule has 64 heavy (non-hydrogen) atoms. The van der Waals surface area contributed by atoms with Gasteiger partial charge < -0.3 is 26.4 Å². The first-order valence-corrected chi connectivity index (χ1v) is 21.0.